The average Bonchev–Trinajstić information content (AvgIpc) is 2.65. The molecule has 2 rings (SSSR count). The van der Waals surface area contributed by atoms with Gasteiger partial charge in [0.1, 0.15) is 0 Å². The van der Waals surface area contributed by atoms with Crippen molar-refractivity contribution in [2.75, 3.05) is 53.4 Å². The molecule has 1 aliphatic rings. The summed E-state index contributed by atoms with van der Waals surface area (Å²) in [6.07, 6.45) is 2.20. The number of likely N-dealkylation sites (N-methyl/N-ethyl adjacent to an activating group) is 2. The van der Waals surface area contributed by atoms with Crippen molar-refractivity contribution in [3.8, 4) is 0 Å². The fourth-order valence-corrected chi connectivity index (χ4v) is 3.88. The van der Waals surface area contributed by atoms with Crippen molar-refractivity contribution in [1.82, 2.24) is 20.4 Å². The predicted octanol–water partition coefficient (Wildman–Crippen LogP) is 3.44. The Morgan fingerprint density at radius 3 is 2.71 bits per heavy atom. The number of piperazine rings is 1. The summed E-state index contributed by atoms with van der Waals surface area (Å²) in [7, 11) is 4.42. The summed E-state index contributed by atoms with van der Waals surface area (Å²) in [6.45, 7) is 10.4. The zero-order chi connectivity index (χ0) is 19.6. The van der Waals surface area contributed by atoms with Crippen LogP contribution in [0.5, 0.6) is 0 Å². The van der Waals surface area contributed by atoms with Gasteiger partial charge in [0, 0.05) is 49.8 Å². The van der Waals surface area contributed by atoms with Gasteiger partial charge in [0.15, 0.2) is 5.96 Å². The molecule has 28 heavy (non-hydrogen) atoms. The van der Waals surface area contributed by atoms with Crippen LogP contribution in [0.1, 0.15) is 25.8 Å². The number of halogens is 2. The summed E-state index contributed by atoms with van der Waals surface area (Å²) in [5, 5.41) is 6.96. The van der Waals surface area contributed by atoms with Gasteiger partial charge in [0.05, 0.1) is 0 Å². The Balaban J connectivity index is 0.00000392. The molecule has 1 saturated heterocycles. The minimum absolute atomic E-state index is 0. The molecule has 7 heteroatoms. The van der Waals surface area contributed by atoms with E-state index >= 15 is 0 Å². The third-order valence-electron chi connectivity index (χ3n) is 5.33. The maximum absolute atomic E-state index is 4.88. The molecular formula is C21H37BrIN5. The van der Waals surface area contributed by atoms with E-state index in [0.29, 0.717) is 12.0 Å². The summed E-state index contributed by atoms with van der Waals surface area (Å²) >= 11 is 3.57. The van der Waals surface area contributed by atoms with Crippen LogP contribution >= 0.6 is 39.9 Å². The first-order valence-corrected chi connectivity index (χ1v) is 11.0. The first kappa shape index (κ1) is 25.7. The van der Waals surface area contributed by atoms with E-state index in [4.69, 9.17) is 4.99 Å². The van der Waals surface area contributed by atoms with Crippen molar-refractivity contribution >= 4 is 45.9 Å². The molecule has 0 aromatic heterocycles. The number of hydrogen-bond acceptors (Lipinski definition) is 3. The Kier molecular flexibility index (Phi) is 12.6. The molecule has 160 valence electrons. The standard InChI is InChI=1S/C21H36BrN5.HI/c1-5-17(12-18-8-7-9-19(22)13-18)14-24-21(23-6-2)25-15-20-16-26(3)10-11-27(20)4;/h7-9,13,17,20H,5-6,10-12,14-16H2,1-4H3,(H2,23,24,25);1H. The maximum Gasteiger partial charge on any atom is 0.191 e. The summed E-state index contributed by atoms with van der Waals surface area (Å²) < 4.78 is 1.15. The van der Waals surface area contributed by atoms with Gasteiger partial charge in [-0.15, -0.1) is 24.0 Å². The second-order valence-electron chi connectivity index (χ2n) is 7.61. The van der Waals surface area contributed by atoms with Crippen LogP contribution in [0.2, 0.25) is 0 Å². The van der Waals surface area contributed by atoms with Crippen molar-refractivity contribution in [2.24, 2.45) is 10.9 Å². The summed E-state index contributed by atoms with van der Waals surface area (Å²) in [5.74, 6) is 1.49. The number of nitrogens with zero attached hydrogens (tertiary/aromatic N) is 3. The molecule has 1 aromatic carbocycles. The van der Waals surface area contributed by atoms with Crippen LogP contribution in [0.4, 0.5) is 0 Å². The first-order valence-electron chi connectivity index (χ1n) is 10.2. The Morgan fingerprint density at radius 1 is 1.25 bits per heavy atom. The molecule has 0 radical (unpaired) electrons. The predicted molar refractivity (Wildman–Crippen MR) is 135 cm³/mol. The largest absolute Gasteiger partial charge is 0.357 e. The van der Waals surface area contributed by atoms with E-state index in [0.717, 1.165) is 62.5 Å². The van der Waals surface area contributed by atoms with Gasteiger partial charge in [-0.2, -0.15) is 0 Å². The molecule has 2 atom stereocenters. The number of aliphatic imine (C=N–C) groups is 1. The summed E-state index contributed by atoms with van der Waals surface area (Å²) in [4.78, 5) is 9.73. The van der Waals surface area contributed by atoms with Crippen LogP contribution in [0.15, 0.2) is 33.7 Å². The first-order chi connectivity index (χ1) is 13.0. The van der Waals surface area contributed by atoms with Crippen LogP contribution in [0.25, 0.3) is 0 Å². The number of hydrogen-bond donors (Lipinski definition) is 2. The van der Waals surface area contributed by atoms with Crippen molar-refractivity contribution in [1.29, 1.82) is 0 Å². The fourth-order valence-electron chi connectivity index (χ4n) is 3.43. The molecule has 1 aliphatic heterocycles. The highest BCUT2D eigenvalue weighted by Gasteiger charge is 2.22. The van der Waals surface area contributed by atoms with Crippen LogP contribution in [0, 0.1) is 5.92 Å². The maximum atomic E-state index is 4.88. The molecule has 2 unspecified atom stereocenters. The molecular weight excluding hydrogens is 529 g/mol. The zero-order valence-electron chi connectivity index (χ0n) is 17.7. The lowest BCUT2D eigenvalue weighted by Gasteiger charge is -2.38. The normalized spacial score (nSPS) is 19.8. The van der Waals surface area contributed by atoms with E-state index in [1.807, 2.05) is 0 Å². The van der Waals surface area contributed by atoms with Gasteiger partial charge in [-0.05, 0) is 51.1 Å². The molecule has 0 spiro atoms. The highest BCUT2D eigenvalue weighted by Crippen LogP contribution is 2.17. The minimum atomic E-state index is 0. The monoisotopic (exact) mass is 565 g/mol. The lowest BCUT2D eigenvalue weighted by atomic mass is 9.97. The second-order valence-corrected chi connectivity index (χ2v) is 8.52. The van der Waals surface area contributed by atoms with Crippen molar-refractivity contribution < 1.29 is 0 Å². The smallest absolute Gasteiger partial charge is 0.191 e. The van der Waals surface area contributed by atoms with Gasteiger partial charge in [-0.3, -0.25) is 9.89 Å². The fraction of sp³-hybridized carbons (Fsp3) is 0.667. The number of nitrogens with one attached hydrogen (secondary N) is 2. The Hall–Kier alpha value is -0.380. The van der Waals surface area contributed by atoms with Crippen molar-refractivity contribution in [2.45, 2.75) is 32.7 Å². The lowest BCUT2D eigenvalue weighted by Crippen LogP contribution is -2.55. The molecule has 0 bridgehead atoms. The summed E-state index contributed by atoms with van der Waals surface area (Å²) in [5.41, 5.74) is 1.37. The van der Waals surface area contributed by atoms with Crippen LogP contribution < -0.4 is 10.6 Å². The minimum Gasteiger partial charge on any atom is -0.357 e. The van der Waals surface area contributed by atoms with Gasteiger partial charge >= 0.3 is 0 Å². The molecule has 0 saturated carbocycles. The van der Waals surface area contributed by atoms with E-state index in [1.165, 1.54) is 5.56 Å². The SMILES string of the molecule is CCNC(=NCC(CC)Cc1cccc(Br)c1)NCC1CN(C)CCN1C.I. The van der Waals surface area contributed by atoms with Crippen LogP contribution in [-0.4, -0.2) is 75.2 Å². The number of guanidine groups is 1. The average molecular weight is 566 g/mol. The van der Waals surface area contributed by atoms with Gasteiger partial charge < -0.3 is 15.5 Å². The van der Waals surface area contributed by atoms with Crippen LogP contribution in [-0.2, 0) is 6.42 Å². The quantitative estimate of drug-likeness (QED) is 0.288. The van der Waals surface area contributed by atoms with Gasteiger partial charge in [0.2, 0.25) is 0 Å². The second kappa shape index (κ2) is 13.8. The molecule has 1 aromatic rings. The summed E-state index contributed by atoms with van der Waals surface area (Å²) in [6, 6.07) is 9.13. The van der Waals surface area contributed by atoms with E-state index in [2.05, 4.69) is 88.6 Å². The Labute approximate surface area is 196 Å². The number of rotatable bonds is 8. The Morgan fingerprint density at radius 2 is 2.04 bits per heavy atom. The highest BCUT2D eigenvalue weighted by atomic mass is 127. The van der Waals surface area contributed by atoms with Gasteiger partial charge in [0.25, 0.3) is 0 Å². The van der Waals surface area contributed by atoms with E-state index in [1.54, 1.807) is 0 Å². The van der Waals surface area contributed by atoms with Gasteiger partial charge in [-0.25, -0.2) is 0 Å². The van der Waals surface area contributed by atoms with E-state index in [9.17, 15) is 0 Å². The molecule has 5 nitrogen and oxygen atoms in total. The third kappa shape index (κ3) is 8.97. The lowest BCUT2D eigenvalue weighted by molar-refractivity contribution is 0.116. The molecule has 0 amide bonds. The third-order valence-corrected chi connectivity index (χ3v) is 5.82. The van der Waals surface area contributed by atoms with E-state index in [-0.39, 0.29) is 24.0 Å². The Bertz CT molecular complexity index is 598. The zero-order valence-corrected chi connectivity index (χ0v) is 21.7. The molecule has 1 heterocycles. The molecule has 0 aliphatic carbocycles. The highest BCUT2D eigenvalue weighted by molar-refractivity contribution is 14.0. The van der Waals surface area contributed by atoms with Crippen molar-refractivity contribution in [3.63, 3.8) is 0 Å². The van der Waals surface area contributed by atoms with E-state index < -0.39 is 0 Å². The van der Waals surface area contributed by atoms with Crippen molar-refractivity contribution in [3.05, 3.63) is 34.3 Å². The van der Waals surface area contributed by atoms with Gasteiger partial charge in [-0.1, -0.05) is 41.4 Å². The topological polar surface area (TPSA) is 42.9 Å². The number of benzene rings is 1. The molecule has 1 fully saturated rings. The molecule has 2 N–H and O–H groups in total. The van der Waals surface area contributed by atoms with Crippen LogP contribution in [0.3, 0.4) is 0 Å².